The monoisotopic (exact) mass is 351 g/mol. The summed E-state index contributed by atoms with van der Waals surface area (Å²) in [6, 6.07) is 9.85. The molecule has 7 heteroatoms. The molecule has 1 aliphatic rings. The Kier molecular flexibility index (Phi) is 4.35. The number of piperidine rings is 1. The second kappa shape index (κ2) is 6.95. The Balaban J connectivity index is 1.53. The van der Waals surface area contributed by atoms with Crippen molar-refractivity contribution in [3.05, 3.63) is 64.9 Å². The first-order chi connectivity index (χ1) is 12.7. The molecule has 1 aliphatic heterocycles. The molecule has 0 aliphatic carbocycles. The van der Waals surface area contributed by atoms with Crippen LogP contribution in [-0.4, -0.2) is 40.0 Å². The smallest absolute Gasteiger partial charge is 0.289 e. The number of para-hydroxylation sites is 1. The molecule has 1 saturated heterocycles. The summed E-state index contributed by atoms with van der Waals surface area (Å²) in [6.45, 7) is 1.01. The Hall–Kier alpha value is -3.22. The Labute approximate surface area is 149 Å². The minimum absolute atomic E-state index is 0.0522. The van der Waals surface area contributed by atoms with E-state index in [4.69, 9.17) is 9.15 Å². The third kappa shape index (κ3) is 3.28. The van der Waals surface area contributed by atoms with Gasteiger partial charge in [0.15, 0.2) is 11.2 Å². The average molecular weight is 351 g/mol. The van der Waals surface area contributed by atoms with Gasteiger partial charge in [-0.25, -0.2) is 9.97 Å². The quantitative estimate of drug-likeness (QED) is 0.719. The van der Waals surface area contributed by atoms with Crippen LogP contribution in [0.3, 0.4) is 0 Å². The van der Waals surface area contributed by atoms with Crippen molar-refractivity contribution in [2.45, 2.75) is 18.9 Å². The Bertz CT molecular complexity index is 987. The topological polar surface area (TPSA) is 85.5 Å². The number of carbonyl (C=O) groups is 1. The SMILES string of the molecule is O=C(c1cc(=O)c2ccccc2o1)N1CCCC(Oc2ccncn2)C1. The molecule has 4 rings (SSSR count). The molecule has 3 aromatic rings. The van der Waals surface area contributed by atoms with Gasteiger partial charge in [0.1, 0.15) is 18.0 Å². The molecule has 1 atom stereocenters. The standard InChI is InChI=1S/C19H17N3O4/c23-15-10-17(26-16-6-2-1-5-14(15)16)19(24)22-9-3-4-13(11-22)25-18-7-8-20-12-21-18/h1-2,5-8,10,12-13H,3-4,9,11H2. The molecule has 3 heterocycles. The van der Waals surface area contributed by atoms with Crippen molar-refractivity contribution >= 4 is 16.9 Å². The minimum Gasteiger partial charge on any atom is -0.472 e. The maximum absolute atomic E-state index is 12.8. The lowest BCUT2D eigenvalue weighted by atomic mass is 10.1. The highest BCUT2D eigenvalue weighted by molar-refractivity contribution is 5.93. The van der Waals surface area contributed by atoms with E-state index in [0.29, 0.717) is 29.9 Å². The number of rotatable bonds is 3. The number of amides is 1. The molecule has 7 nitrogen and oxygen atoms in total. The fraction of sp³-hybridized carbons (Fsp3) is 0.263. The number of aromatic nitrogens is 2. The average Bonchev–Trinajstić information content (AvgIpc) is 2.68. The molecule has 0 radical (unpaired) electrons. The lowest BCUT2D eigenvalue weighted by Crippen LogP contribution is -2.44. The van der Waals surface area contributed by atoms with Gasteiger partial charge in [0.25, 0.3) is 5.91 Å². The van der Waals surface area contributed by atoms with Crippen molar-refractivity contribution < 1.29 is 13.9 Å². The van der Waals surface area contributed by atoms with Crippen molar-refractivity contribution in [1.82, 2.24) is 14.9 Å². The van der Waals surface area contributed by atoms with Crippen LogP contribution < -0.4 is 10.2 Å². The van der Waals surface area contributed by atoms with Crippen LogP contribution in [0, 0.1) is 0 Å². The molecule has 1 amide bonds. The molecule has 26 heavy (non-hydrogen) atoms. The van der Waals surface area contributed by atoms with Gasteiger partial charge in [-0.3, -0.25) is 9.59 Å². The van der Waals surface area contributed by atoms with Crippen LogP contribution >= 0.6 is 0 Å². The van der Waals surface area contributed by atoms with Gasteiger partial charge in [-0.2, -0.15) is 0 Å². The summed E-state index contributed by atoms with van der Waals surface area (Å²) in [6.07, 6.45) is 4.51. The third-order valence-electron chi connectivity index (χ3n) is 4.35. The highest BCUT2D eigenvalue weighted by Crippen LogP contribution is 2.19. The van der Waals surface area contributed by atoms with Crippen molar-refractivity contribution in [3.8, 4) is 5.88 Å². The number of benzene rings is 1. The first kappa shape index (κ1) is 16.3. The molecule has 0 saturated carbocycles. The second-order valence-electron chi connectivity index (χ2n) is 6.15. The van der Waals surface area contributed by atoms with Gasteiger partial charge in [-0.1, -0.05) is 12.1 Å². The fourth-order valence-electron chi connectivity index (χ4n) is 3.10. The first-order valence-corrected chi connectivity index (χ1v) is 8.45. The number of hydrogen-bond acceptors (Lipinski definition) is 6. The van der Waals surface area contributed by atoms with E-state index < -0.39 is 0 Å². The zero-order valence-corrected chi connectivity index (χ0v) is 14.0. The van der Waals surface area contributed by atoms with E-state index in [1.54, 1.807) is 41.4 Å². The van der Waals surface area contributed by atoms with Gasteiger partial charge in [0.2, 0.25) is 5.88 Å². The van der Waals surface area contributed by atoms with E-state index in [0.717, 1.165) is 12.8 Å². The predicted octanol–water partition coefficient (Wildman–Crippen LogP) is 2.27. The van der Waals surface area contributed by atoms with E-state index in [2.05, 4.69) is 9.97 Å². The van der Waals surface area contributed by atoms with E-state index in [9.17, 15) is 9.59 Å². The van der Waals surface area contributed by atoms with Gasteiger partial charge >= 0.3 is 0 Å². The Morgan fingerprint density at radius 3 is 3.00 bits per heavy atom. The summed E-state index contributed by atoms with van der Waals surface area (Å²) in [5, 5.41) is 0.465. The van der Waals surface area contributed by atoms with E-state index >= 15 is 0 Å². The molecule has 0 spiro atoms. The lowest BCUT2D eigenvalue weighted by Gasteiger charge is -2.32. The van der Waals surface area contributed by atoms with Crippen LogP contribution in [-0.2, 0) is 0 Å². The summed E-state index contributed by atoms with van der Waals surface area (Å²) >= 11 is 0. The number of carbonyl (C=O) groups excluding carboxylic acids is 1. The number of hydrogen-bond donors (Lipinski definition) is 0. The van der Waals surface area contributed by atoms with Gasteiger partial charge in [0.05, 0.1) is 11.9 Å². The molecule has 132 valence electrons. The van der Waals surface area contributed by atoms with Crippen molar-refractivity contribution in [3.63, 3.8) is 0 Å². The zero-order chi connectivity index (χ0) is 17.9. The molecule has 0 bridgehead atoms. The summed E-state index contributed by atoms with van der Waals surface area (Å²) in [5.41, 5.74) is 0.190. The van der Waals surface area contributed by atoms with E-state index in [1.165, 1.54) is 12.4 Å². The molecule has 2 aromatic heterocycles. The van der Waals surface area contributed by atoms with Gasteiger partial charge in [0, 0.05) is 24.9 Å². The van der Waals surface area contributed by atoms with Gasteiger partial charge in [-0.15, -0.1) is 0 Å². The summed E-state index contributed by atoms with van der Waals surface area (Å²) in [7, 11) is 0. The van der Waals surface area contributed by atoms with E-state index in [1.807, 2.05) is 0 Å². The molecule has 1 unspecified atom stereocenters. The highest BCUT2D eigenvalue weighted by atomic mass is 16.5. The van der Waals surface area contributed by atoms with Crippen molar-refractivity contribution in [2.75, 3.05) is 13.1 Å². The molecule has 0 N–H and O–H groups in total. The van der Waals surface area contributed by atoms with Gasteiger partial charge < -0.3 is 14.1 Å². The second-order valence-corrected chi connectivity index (χ2v) is 6.15. The lowest BCUT2D eigenvalue weighted by molar-refractivity contribution is 0.0500. The van der Waals surface area contributed by atoms with E-state index in [-0.39, 0.29) is 23.2 Å². The van der Waals surface area contributed by atoms with Crippen LogP contribution in [0.2, 0.25) is 0 Å². The minimum atomic E-state index is -0.302. The van der Waals surface area contributed by atoms with Crippen LogP contribution in [0.1, 0.15) is 23.4 Å². The number of ether oxygens (including phenoxy) is 1. The first-order valence-electron chi connectivity index (χ1n) is 8.45. The number of likely N-dealkylation sites (tertiary alicyclic amines) is 1. The summed E-state index contributed by atoms with van der Waals surface area (Å²) in [5.74, 6) is 0.233. The normalized spacial score (nSPS) is 17.2. The highest BCUT2D eigenvalue weighted by Gasteiger charge is 2.27. The van der Waals surface area contributed by atoms with Gasteiger partial charge in [-0.05, 0) is 25.0 Å². The summed E-state index contributed by atoms with van der Waals surface area (Å²) < 4.78 is 11.5. The Morgan fingerprint density at radius 2 is 2.15 bits per heavy atom. The number of nitrogens with zero attached hydrogens (tertiary/aromatic N) is 3. The molecule has 1 aromatic carbocycles. The predicted molar refractivity (Wildman–Crippen MR) is 94.1 cm³/mol. The molecule has 1 fully saturated rings. The zero-order valence-electron chi connectivity index (χ0n) is 14.0. The van der Waals surface area contributed by atoms with Crippen LogP contribution in [0.15, 0.2) is 58.1 Å². The van der Waals surface area contributed by atoms with Crippen LogP contribution in [0.4, 0.5) is 0 Å². The number of fused-ring (bicyclic) bond motifs is 1. The van der Waals surface area contributed by atoms with Crippen molar-refractivity contribution in [2.24, 2.45) is 0 Å². The molecular formula is C19H17N3O4. The van der Waals surface area contributed by atoms with Crippen LogP contribution in [0.25, 0.3) is 11.0 Å². The Morgan fingerprint density at radius 1 is 1.27 bits per heavy atom. The largest absolute Gasteiger partial charge is 0.472 e. The maximum atomic E-state index is 12.8. The molecular weight excluding hydrogens is 334 g/mol. The maximum Gasteiger partial charge on any atom is 0.289 e. The third-order valence-corrected chi connectivity index (χ3v) is 4.35. The fourth-order valence-corrected chi connectivity index (χ4v) is 3.10. The van der Waals surface area contributed by atoms with Crippen LogP contribution in [0.5, 0.6) is 5.88 Å². The summed E-state index contributed by atoms with van der Waals surface area (Å²) in [4.78, 5) is 34.6. The van der Waals surface area contributed by atoms with Crippen molar-refractivity contribution in [1.29, 1.82) is 0 Å².